The Morgan fingerprint density at radius 3 is 2.60 bits per heavy atom. The number of ether oxygens (including phenoxy) is 1. The largest absolute Gasteiger partial charge is 0.460 e. The molecule has 0 fully saturated rings. The predicted molar refractivity (Wildman–Crippen MR) is 57.0 cm³/mol. The maximum Gasteiger partial charge on any atom is 0.307 e. The SMILES string of the molecule is CC(C)(C)OC(=O)C[C@H](CO)N[B]C=O. The molecule has 0 spiro atoms. The van der Waals surface area contributed by atoms with Crippen LogP contribution in [0.5, 0.6) is 0 Å². The van der Waals surface area contributed by atoms with Gasteiger partial charge in [-0.1, -0.05) is 0 Å². The van der Waals surface area contributed by atoms with Gasteiger partial charge in [0, 0.05) is 6.04 Å². The Kier molecular flexibility index (Phi) is 6.20. The molecule has 0 saturated carbocycles. The third-order valence-corrected chi connectivity index (χ3v) is 1.45. The van der Waals surface area contributed by atoms with Gasteiger partial charge in [0.15, 0.2) is 0 Å². The van der Waals surface area contributed by atoms with Crippen LogP contribution in [-0.2, 0) is 14.3 Å². The summed E-state index contributed by atoms with van der Waals surface area (Å²) in [6.07, 6.45) is 0.579. The summed E-state index contributed by atoms with van der Waals surface area (Å²) in [6.45, 7) is 5.07. The quantitative estimate of drug-likeness (QED) is 0.353. The highest BCUT2D eigenvalue weighted by Crippen LogP contribution is 2.08. The van der Waals surface area contributed by atoms with Crippen LogP contribution in [0.25, 0.3) is 0 Å². The standard InChI is InChI=1S/C9H17BNO4/c1-9(2,3)15-8(14)4-7(5-12)11-10-6-13/h6-7,11-12H,4-5H2,1-3H3/t7-/m1/s1. The van der Waals surface area contributed by atoms with Crippen molar-refractivity contribution in [3.8, 4) is 0 Å². The number of nitrogens with one attached hydrogen (secondary N) is 1. The Bertz CT molecular complexity index is 215. The van der Waals surface area contributed by atoms with Crippen molar-refractivity contribution >= 4 is 19.6 Å². The molecule has 85 valence electrons. The van der Waals surface area contributed by atoms with E-state index in [1.807, 2.05) is 0 Å². The first kappa shape index (κ1) is 14.1. The molecule has 0 amide bonds. The van der Waals surface area contributed by atoms with Crippen molar-refractivity contribution in [2.24, 2.45) is 0 Å². The third kappa shape index (κ3) is 8.14. The monoisotopic (exact) mass is 214 g/mol. The van der Waals surface area contributed by atoms with Gasteiger partial charge < -0.3 is 19.9 Å². The molecule has 5 nitrogen and oxygen atoms in total. The van der Waals surface area contributed by atoms with Crippen LogP contribution >= 0.6 is 0 Å². The molecule has 0 aliphatic carbocycles. The molecule has 15 heavy (non-hydrogen) atoms. The van der Waals surface area contributed by atoms with Gasteiger partial charge >= 0.3 is 5.97 Å². The number of carbonyl (C=O) groups is 2. The van der Waals surface area contributed by atoms with E-state index in [0.717, 1.165) is 7.41 Å². The number of aliphatic hydroxyl groups is 1. The van der Waals surface area contributed by atoms with E-state index in [1.54, 1.807) is 20.8 Å². The molecule has 0 aromatic rings. The van der Waals surface area contributed by atoms with Crippen molar-refractivity contribution in [2.45, 2.75) is 38.8 Å². The zero-order valence-electron chi connectivity index (χ0n) is 9.32. The summed E-state index contributed by atoms with van der Waals surface area (Å²) in [6, 6.07) is -0.481. The Morgan fingerprint density at radius 1 is 1.60 bits per heavy atom. The summed E-state index contributed by atoms with van der Waals surface area (Å²) >= 11 is 0. The zero-order chi connectivity index (χ0) is 11.9. The van der Waals surface area contributed by atoms with Gasteiger partial charge in [-0.3, -0.25) is 4.79 Å². The molecule has 0 rings (SSSR count). The van der Waals surface area contributed by atoms with Crippen molar-refractivity contribution in [3.05, 3.63) is 0 Å². The van der Waals surface area contributed by atoms with Crippen LogP contribution in [0, 0.1) is 0 Å². The second-order valence-corrected chi connectivity index (χ2v) is 4.14. The van der Waals surface area contributed by atoms with E-state index in [0.29, 0.717) is 6.19 Å². The number of aliphatic hydroxyl groups excluding tert-OH is 1. The number of carbonyl (C=O) groups excluding carboxylic acids is 2. The van der Waals surface area contributed by atoms with Crippen LogP contribution < -0.4 is 5.23 Å². The Morgan fingerprint density at radius 2 is 2.20 bits per heavy atom. The Balaban J connectivity index is 3.95. The minimum Gasteiger partial charge on any atom is -0.460 e. The molecule has 1 atom stereocenters. The van der Waals surface area contributed by atoms with E-state index in [2.05, 4.69) is 5.23 Å². The fraction of sp³-hybridized carbons (Fsp3) is 0.778. The highest BCUT2D eigenvalue weighted by Gasteiger charge is 2.19. The van der Waals surface area contributed by atoms with Crippen LogP contribution in [0.3, 0.4) is 0 Å². The summed E-state index contributed by atoms with van der Waals surface area (Å²) < 4.78 is 5.06. The molecule has 0 bridgehead atoms. The number of hydrogen-bond donors (Lipinski definition) is 2. The molecule has 0 aliphatic rings. The van der Waals surface area contributed by atoms with E-state index in [1.165, 1.54) is 0 Å². The van der Waals surface area contributed by atoms with Crippen molar-refractivity contribution in [3.63, 3.8) is 0 Å². The van der Waals surface area contributed by atoms with Crippen molar-refractivity contribution < 1.29 is 19.4 Å². The second kappa shape index (κ2) is 6.58. The van der Waals surface area contributed by atoms with Gasteiger partial charge in [-0.25, -0.2) is 0 Å². The lowest BCUT2D eigenvalue weighted by Crippen LogP contribution is -2.39. The van der Waals surface area contributed by atoms with Crippen molar-refractivity contribution in [1.29, 1.82) is 0 Å². The third-order valence-electron chi connectivity index (χ3n) is 1.45. The van der Waals surface area contributed by atoms with Gasteiger partial charge in [-0.05, 0) is 20.8 Å². The lowest BCUT2D eigenvalue weighted by atomic mass is 9.96. The fourth-order valence-electron chi connectivity index (χ4n) is 0.936. The van der Waals surface area contributed by atoms with Crippen molar-refractivity contribution in [2.75, 3.05) is 6.61 Å². The van der Waals surface area contributed by atoms with Gasteiger partial charge in [0.2, 0.25) is 0 Å². The molecule has 0 aromatic carbocycles. The lowest BCUT2D eigenvalue weighted by molar-refractivity contribution is -0.155. The number of hydrogen-bond acceptors (Lipinski definition) is 5. The summed E-state index contributed by atoms with van der Waals surface area (Å²) in [5.41, 5.74) is -0.536. The maximum atomic E-state index is 11.3. The van der Waals surface area contributed by atoms with Crippen molar-refractivity contribution in [1.82, 2.24) is 5.23 Å². The van der Waals surface area contributed by atoms with Crippen LogP contribution in [0.1, 0.15) is 27.2 Å². The first-order valence-corrected chi connectivity index (χ1v) is 4.75. The van der Waals surface area contributed by atoms with Gasteiger partial charge in [-0.2, -0.15) is 0 Å². The Hall–Kier alpha value is -0.875. The molecule has 0 aliphatic heterocycles. The molecule has 0 aromatic heterocycles. The molecule has 0 saturated heterocycles. The minimum atomic E-state index is -0.536. The van der Waals surface area contributed by atoms with Gasteiger partial charge in [0.25, 0.3) is 7.41 Å². The second-order valence-electron chi connectivity index (χ2n) is 4.14. The average molecular weight is 214 g/mol. The highest BCUT2D eigenvalue weighted by atomic mass is 16.6. The molecule has 2 N–H and O–H groups in total. The minimum absolute atomic E-state index is 0.0259. The van der Waals surface area contributed by atoms with E-state index < -0.39 is 17.6 Å². The molecular formula is C9H17BNO4. The molecule has 1 radical (unpaired) electrons. The highest BCUT2D eigenvalue weighted by molar-refractivity contribution is 6.64. The number of esters is 1. The Labute approximate surface area is 90.4 Å². The molecule has 6 heteroatoms. The zero-order valence-corrected chi connectivity index (χ0v) is 9.32. The fourth-order valence-corrected chi connectivity index (χ4v) is 0.936. The lowest BCUT2D eigenvalue weighted by Gasteiger charge is -2.21. The van der Waals surface area contributed by atoms with Crippen LogP contribution in [-0.4, -0.2) is 42.9 Å². The first-order valence-electron chi connectivity index (χ1n) is 4.75. The number of rotatable bonds is 6. The predicted octanol–water partition coefficient (Wildman–Crippen LogP) is -0.522. The van der Waals surface area contributed by atoms with Crippen LogP contribution in [0.2, 0.25) is 0 Å². The summed E-state index contributed by atoms with van der Waals surface area (Å²) in [4.78, 5) is 21.3. The van der Waals surface area contributed by atoms with Gasteiger partial charge in [-0.15, -0.1) is 0 Å². The molecular weight excluding hydrogens is 197 g/mol. The molecule has 0 unspecified atom stereocenters. The van der Waals surface area contributed by atoms with E-state index in [-0.39, 0.29) is 13.0 Å². The maximum absolute atomic E-state index is 11.3. The molecule has 0 heterocycles. The first-order chi connectivity index (χ1) is 6.89. The van der Waals surface area contributed by atoms with E-state index >= 15 is 0 Å². The van der Waals surface area contributed by atoms with E-state index in [9.17, 15) is 9.59 Å². The smallest absolute Gasteiger partial charge is 0.307 e. The average Bonchev–Trinajstić information content (AvgIpc) is 2.09. The van der Waals surface area contributed by atoms with E-state index in [4.69, 9.17) is 9.84 Å². The van der Waals surface area contributed by atoms with Crippen LogP contribution in [0.15, 0.2) is 0 Å². The summed E-state index contributed by atoms with van der Waals surface area (Å²) in [5.74, 6) is -0.409. The van der Waals surface area contributed by atoms with Gasteiger partial charge in [0.1, 0.15) is 5.60 Å². The normalized spacial score (nSPS) is 13.1. The topological polar surface area (TPSA) is 75.6 Å². The summed E-state index contributed by atoms with van der Waals surface area (Å²) in [5, 5.41) is 11.5. The van der Waals surface area contributed by atoms with Crippen LogP contribution in [0.4, 0.5) is 0 Å². The van der Waals surface area contributed by atoms with Gasteiger partial charge in [0.05, 0.1) is 19.2 Å². The summed E-state index contributed by atoms with van der Waals surface area (Å²) in [7, 11) is 1.14.